The van der Waals surface area contributed by atoms with Crippen molar-refractivity contribution in [2.75, 3.05) is 26.2 Å². The Morgan fingerprint density at radius 1 is 1.11 bits per heavy atom. The molecule has 1 heterocycles. The van der Waals surface area contributed by atoms with Crippen LogP contribution in [0.1, 0.15) is 38.2 Å². The first-order valence-electron chi connectivity index (χ1n) is 7.84. The summed E-state index contributed by atoms with van der Waals surface area (Å²) in [6.45, 7) is 7.26. The van der Waals surface area contributed by atoms with Gasteiger partial charge in [-0.25, -0.2) is 0 Å². The van der Waals surface area contributed by atoms with E-state index < -0.39 is 0 Å². The fourth-order valence-corrected chi connectivity index (χ4v) is 2.88. The lowest BCUT2D eigenvalue weighted by Crippen LogP contribution is -2.41. The average molecular weight is 260 g/mol. The van der Waals surface area contributed by atoms with E-state index in [0.717, 1.165) is 6.54 Å². The van der Waals surface area contributed by atoms with Crippen molar-refractivity contribution >= 4 is 0 Å². The Kier molecular flexibility index (Phi) is 6.38. The number of hydrogen-bond donors (Lipinski definition) is 1. The molecule has 1 aromatic carbocycles. The number of piperidine rings is 1. The van der Waals surface area contributed by atoms with Crippen molar-refractivity contribution in [1.82, 2.24) is 10.2 Å². The summed E-state index contributed by atoms with van der Waals surface area (Å²) in [6, 6.07) is 11.4. The molecule has 1 saturated heterocycles. The second-order valence-corrected chi connectivity index (χ2v) is 5.81. The minimum absolute atomic E-state index is 0.619. The fourth-order valence-electron chi connectivity index (χ4n) is 2.88. The molecule has 1 aromatic rings. The van der Waals surface area contributed by atoms with Gasteiger partial charge in [-0.3, -0.25) is 0 Å². The van der Waals surface area contributed by atoms with Gasteiger partial charge in [0.2, 0.25) is 0 Å². The van der Waals surface area contributed by atoms with Crippen molar-refractivity contribution in [3.8, 4) is 0 Å². The lowest BCUT2D eigenvalue weighted by Gasteiger charge is -2.29. The zero-order valence-corrected chi connectivity index (χ0v) is 12.3. The van der Waals surface area contributed by atoms with Crippen LogP contribution in [0.25, 0.3) is 0 Å². The van der Waals surface area contributed by atoms with Crippen LogP contribution in [0.4, 0.5) is 0 Å². The Labute approximate surface area is 118 Å². The van der Waals surface area contributed by atoms with Crippen LogP contribution in [-0.4, -0.2) is 37.1 Å². The summed E-state index contributed by atoms with van der Waals surface area (Å²) >= 11 is 0. The standard InChI is InChI=1S/C17H28N2/c1-16(15-19-13-6-3-7-14-19)18-12-8-11-17-9-4-2-5-10-17/h2,4-5,9-10,16,18H,3,6-8,11-15H2,1H3. The molecule has 0 amide bonds. The molecule has 1 atom stereocenters. The summed E-state index contributed by atoms with van der Waals surface area (Å²) < 4.78 is 0. The van der Waals surface area contributed by atoms with E-state index >= 15 is 0 Å². The van der Waals surface area contributed by atoms with E-state index in [2.05, 4.69) is 47.5 Å². The molecule has 1 N–H and O–H groups in total. The number of benzene rings is 1. The lowest BCUT2D eigenvalue weighted by molar-refractivity contribution is 0.209. The molecule has 0 radical (unpaired) electrons. The molecule has 2 heteroatoms. The van der Waals surface area contributed by atoms with Crippen LogP contribution < -0.4 is 5.32 Å². The van der Waals surface area contributed by atoms with Gasteiger partial charge in [0.1, 0.15) is 0 Å². The quantitative estimate of drug-likeness (QED) is 0.758. The lowest BCUT2D eigenvalue weighted by atomic mass is 10.1. The number of rotatable bonds is 7. The molecule has 0 aromatic heterocycles. The van der Waals surface area contributed by atoms with Crippen LogP contribution in [0, 0.1) is 0 Å². The van der Waals surface area contributed by atoms with Gasteiger partial charge in [0, 0.05) is 12.6 Å². The molecular formula is C17H28N2. The average Bonchev–Trinajstić information content (AvgIpc) is 2.46. The molecule has 1 unspecified atom stereocenters. The third kappa shape index (κ3) is 5.75. The molecule has 0 saturated carbocycles. The van der Waals surface area contributed by atoms with Crippen molar-refractivity contribution in [2.24, 2.45) is 0 Å². The van der Waals surface area contributed by atoms with Crippen LogP contribution in [0.15, 0.2) is 30.3 Å². The number of nitrogens with zero attached hydrogens (tertiary/aromatic N) is 1. The number of aryl methyl sites for hydroxylation is 1. The highest BCUT2D eigenvalue weighted by molar-refractivity contribution is 5.14. The highest BCUT2D eigenvalue weighted by Gasteiger charge is 2.12. The normalized spacial score (nSPS) is 18.4. The first kappa shape index (κ1) is 14.5. The summed E-state index contributed by atoms with van der Waals surface area (Å²) in [5.74, 6) is 0. The Balaban J connectivity index is 1.55. The summed E-state index contributed by atoms with van der Waals surface area (Å²) in [5, 5.41) is 3.66. The van der Waals surface area contributed by atoms with Gasteiger partial charge >= 0.3 is 0 Å². The third-order valence-corrected chi connectivity index (χ3v) is 3.96. The van der Waals surface area contributed by atoms with E-state index in [4.69, 9.17) is 0 Å². The topological polar surface area (TPSA) is 15.3 Å². The molecule has 2 nitrogen and oxygen atoms in total. The maximum atomic E-state index is 3.66. The van der Waals surface area contributed by atoms with E-state index in [1.165, 1.54) is 57.3 Å². The predicted molar refractivity (Wildman–Crippen MR) is 82.5 cm³/mol. The van der Waals surface area contributed by atoms with E-state index in [9.17, 15) is 0 Å². The second kappa shape index (κ2) is 8.34. The molecule has 0 spiro atoms. The highest BCUT2D eigenvalue weighted by atomic mass is 15.1. The Morgan fingerprint density at radius 3 is 2.58 bits per heavy atom. The van der Waals surface area contributed by atoms with Gasteiger partial charge in [0.05, 0.1) is 0 Å². The summed E-state index contributed by atoms with van der Waals surface area (Å²) in [7, 11) is 0. The van der Waals surface area contributed by atoms with Crippen molar-refractivity contribution in [3.63, 3.8) is 0 Å². The maximum Gasteiger partial charge on any atom is 0.0166 e. The predicted octanol–water partition coefficient (Wildman–Crippen LogP) is 3.08. The molecule has 2 rings (SSSR count). The van der Waals surface area contributed by atoms with Gasteiger partial charge in [-0.05, 0) is 57.8 Å². The van der Waals surface area contributed by atoms with Gasteiger partial charge in [0.15, 0.2) is 0 Å². The second-order valence-electron chi connectivity index (χ2n) is 5.81. The van der Waals surface area contributed by atoms with Crippen LogP contribution >= 0.6 is 0 Å². The monoisotopic (exact) mass is 260 g/mol. The Bertz CT molecular complexity index is 330. The smallest absolute Gasteiger partial charge is 0.0166 e. The van der Waals surface area contributed by atoms with Gasteiger partial charge in [0.25, 0.3) is 0 Å². The maximum absolute atomic E-state index is 3.66. The Morgan fingerprint density at radius 2 is 1.84 bits per heavy atom. The molecular weight excluding hydrogens is 232 g/mol. The summed E-state index contributed by atoms with van der Waals surface area (Å²) in [5.41, 5.74) is 1.45. The largest absolute Gasteiger partial charge is 0.313 e. The highest BCUT2D eigenvalue weighted by Crippen LogP contribution is 2.08. The minimum atomic E-state index is 0.619. The van der Waals surface area contributed by atoms with Gasteiger partial charge in [-0.15, -0.1) is 0 Å². The van der Waals surface area contributed by atoms with Crippen LogP contribution in [-0.2, 0) is 6.42 Å². The summed E-state index contributed by atoms with van der Waals surface area (Å²) in [6.07, 6.45) is 6.62. The third-order valence-electron chi connectivity index (χ3n) is 3.96. The van der Waals surface area contributed by atoms with E-state index in [-0.39, 0.29) is 0 Å². The minimum Gasteiger partial charge on any atom is -0.313 e. The van der Waals surface area contributed by atoms with Crippen LogP contribution in [0.5, 0.6) is 0 Å². The molecule has 106 valence electrons. The van der Waals surface area contributed by atoms with Crippen molar-refractivity contribution < 1.29 is 0 Å². The van der Waals surface area contributed by atoms with Crippen LogP contribution in [0.3, 0.4) is 0 Å². The van der Waals surface area contributed by atoms with E-state index in [1.807, 2.05) is 0 Å². The van der Waals surface area contributed by atoms with E-state index in [0.29, 0.717) is 6.04 Å². The zero-order valence-electron chi connectivity index (χ0n) is 12.3. The summed E-state index contributed by atoms with van der Waals surface area (Å²) in [4.78, 5) is 2.61. The molecule has 0 bridgehead atoms. The number of hydrogen-bond acceptors (Lipinski definition) is 2. The number of nitrogens with one attached hydrogen (secondary N) is 1. The van der Waals surface area contributed by atoms with Crippen molar-refractivity contribution in [1.29, 1.82) is 0 Å². The first-order valence-corrected chi connectivity index (χ1v) is 7.84. The van der Waals surface area contributed by atoms with Crippen molar-refractivity contribution in [3.05, 3.63) is 35.9 Å². The van der Waals surface area contributed by atoms with Crippen LogP contribution in [0.2, 0.25) is 0 Å². The SMILES string of the molecule is CC(CN1CCCCC1)NCCCc1ccccc1. The van der Waals surface area contributed by atoms with Gasteiger partial charge in [-0.2, -0.15) is 0 Å². The Hall–Kier alpha value is -0.860. The zero-order chi connectivity index (χ0) is 13.3. The van der Waals surface area contributed by atoms with Crippen molar-refractivity contribution in [2.45, 2.75) is 45.1 Å². The van der Waals surface area contributed by atoms with E-state index in [1.54, 1.807) is 0 Å². The fraction of sp³-hybridized carbons (Fsp3) is 0.647. The van der Waals surface area contributed by atoms with Gasteiger partial charge < -0.3 is 10.2 Å². The molecule has 1 aliphatic heterocycles. The van der Waals surface area contributed by atoms with Gasteiger partial charge in [-0.1, -0.05) is 36.8 Å². The molecule has 0 aliphatic carbocycles. The first-order chi connectivity index (χ1) is 9.34. The molecule has 1 fully saturated rings. The molecule has 19 heavy (non-hydrogen) atoms. The number of likely N-dealkylation sites (tertiary alicyclic amines) is 1. The molecule has 1 aliphatic rings.